The van der Waals surface area contributed by atoms with Gasteiger partial charge < -0.3 is 19.5 Å². The normalized spacial score (nSPS) is 20.4. The number of rotatable bonds is 3. The molecule has 3 rings (SSSR count). The van der Waals surface area contributed by atoms with Gasteiger partial charge in [0.1, 0.15) is 6.61 Å². The molecule has 6 nitrogen and oxygen atoms in total. The number of aliphatic imine (C=N–C) groups is 1. The van der Waals surface area contributed by atoms with Gasteiger partial charge in [0.15, 0.2) is 11.5 Å². The number of benzene rings is 1. The number of nitrogens with one attached hydrogen (secondary N) is 1. The number of ether oxygens (including phenoxy) is 3. The van der Waals surface area contributed by atoms with Crippen LogP contribution in [0.5, 0.6) is 11.5 Å². The third kappa shape index (κ3) is 2.22. The van der Waals surface area contributed by atoms with Gasteiger partial charge in [0.2, 0.25) is 0 Å². The molecule has 1 unspecified atom stereocenters. The summed E-state index contributed by atoms with van der Waals surface area (Å²) in [5.74, 6) is 1.69. The first-order chi connectivity index (χ1) is 10.1. The van der Waals surface area contributed by atoms with Crippen LogP contribution >= 0.6 is 0 Å². The summed E-state index contributed by atoms with van der Waals surface area (Å²) in [6, 6.07) is 5.28. The molecule has 0 saturated heterocycles. The van der Waals surface area contributed by atoms with E-state index in [2.05, 4.69) is 10.3 Å². The van der Waals surface area contributed by atoms with Gasteiger partial charge in [-0.3, -0.25) is 0 Å². The maximum Gasteiger partial charge on any atom is 0.338 e. The van der Waals surface area contributed by atoms with Gasteiger partial charge in [0, 0.05) is 0 Å². The monoisotopic (exact) mass is 288 g/mol. The summed E-state index contributed by atoms with van der Waals surface area (Å²) in [5.41, 5.74) is 2.15. The second-order valence-electron chi connectivity index (χ2n) is 4.83. The van der Waals surface area contributed by atoms with Gasteiger partial charge in [-0.25, -0.2) is 9.79 Å². The van der Waals surface area contributed by atoms with Gasteiger partial charge in [-0.05, 0) is 24.6 Å². The highest BCUT2D eigenvalue weighted by atomic mass is 16.5. The average Bonchev–Trinajstić information content (AvgIpc) is 2.86. The largest absolute Gasteiger partial charge is 0.493 e. The van der Waals surface area contributed by atoms with Crippen molar-refractivity contribution >= 4 is 11.8 Å². The highest BCUT2D eigenvalue weighted by Gasteiger charge is 2.35. The SMILES string of the molecule is COc1ccc(C2NC(C)=NC3=C2C(=O)OC3)cc1OC. The second-order valence-corrected chi connectivity index (χ2v) is 4.83. The number of hydrogen-bond donors (Lipinski definition) is 1. The van der Waals surface area contributed by atoms with Crippen molar-refractivity contribution in [3.63, 3.8) is 0 Å². The van der Waals surface area contributed by atoms with E-state index in [0.717, 1.165) is 11.4 Å². The fraction of sp³-hybridized carbons (Fsp3) is 0.333. The number of esters is 1. The molecule has 1 atom stereocenters. The number of carbonyl (C=O) groups is 1. The summed E-state index contributed by atoms with van der Waals surface area (Å²) in [4.78, 5) is 16.3. The van der Waals surface area contributed by atoms with Gasteiger partial charge >= 0.3 is 5.97 Å². The zero-order chi connectivity index (χ0) is 15.0. The van der Waals surface area contributed by atoms with Gasteiger partial charge in [-0.15, -0.1) is 0 Å². The van der Waals surface area contributed by atoms with Crippen LogP contribution in [0, 0.1) is 0 Å². The van der Waals surface area contributed by atoms with Crippen molar-refractivity contribution in [2.24, 2.45) is 4.99 Å². The predicted molar refractivity (Wildman–Crippen MR) is 76.5 cm³/mol. The lowest BCUT2D eigenvalue weighted by Crippen LogP contribution is -2.32. The quantitative estimate of drug-likeness (QED) is 0.855. The van der Waals surface area contributed by atoms with Crippen LogP contribution in [0.15, 0.2) is 34.5 Å². The molecule has 0 fully saturated rings. The van der Waals surface area contributed by atoms with E-state index >= 15 is 0 Å². The van der Waals surface area contributed by atoms with Gasteiger partial charge in [0.05, 0.1) is 37.4 Å². The van der Waals surface area contributed by atoms with Crippen molar-refractivity contribution in [1.82, 2.24) is 5.32 Å². The van der Waals surface area contributed by atoms with Crippen molar-refractivity contribution in [3.05, 3.63) is 35.0 Å². The summed E-state index contributed by atoms with van der Waals surface area (Å²) in [5, 5.41) is 3.22. The molecule has 1 aromatic rings. The topological polar surface area (TPSA) is 69.2 Å². The second kappa shape index (κ2) is 5.12. The Morgan fingerprint density at radius 2 is 2.05 bits per heavy atom. The molecule has 1 N–H and O–H groups in total. The minimum absolute atomic E-state index is 0.233. The number of methoxy groups -OCH3 is 2. The number of cyclic esters (lactones) is 1. The molecule has 2 aliphatic rings. The summed E-state index contributed by atoms with van der Waals surface area (Å²) >= 11 is 0. The highest BCUT2D eigenvalue weighted by molar-refractivity contribution is 5.97. The first kappa shape index (κ1) is 13.5. The maximum absolute atomic E-state index is 11.9. The minimum atomic E-state index is -0.325. The molecule has 6 heteroatoms. The van der Waals surface area contributed by atoms with Crippen LogP contribution in [-0.4, -0.2) is 32.6 Å². The fourth-order valence-corrected chi connectivity index (χ4v) is 2.58. The lowest BCUT2D eigenvalue weighted by atomic mass is 9.96. The van der Waals surface area contributed by atoms with E-state index in [-0.39, 0.29) is 18.6 Å². The van der Waals surface area contributed by atoms with E-state index in [0.29, 0.717) is 22.8 Å². The van der Waals surface area contributed by atoms with Crippen molar-refractivity contribution in [2.75, 3.05) is 20.8 Å². The predicted octanol–water partition coefficient (Wildman–Crippen LogP) is 1.58. The summed E-state index contributed by atoms with van der Waals surface area (Å²) in [7, 11) is 3.17. The Morgan fingerprint density at radius 3 is 2.76 bits per heavy atom. The molecule has 0 aliphatic carbocycles. The number of hydrogen-bond acceptors (Lipinski definition) is 6. The molecule has 0 spiro atoms. The Labute approximate surface area is 122 Å². The van der Waals surface area contributed by atoms with Crippen LogP contribution in [0.4, 0.5) is 0 Å². The first-order valence-electron chi connectivity index (χ1n) is 6.58. The first-order valence-corrected chi connectivity index (χ1v) is 6.58. The van der Waals surface area contributed by atoms with Crippen LogP contribution < -0.4 is 14.8 Å². The Bertz CT molecular complexity index is 664. The molecule has 2 aliphatic heterocycles. The molecule has 0 radical (unpaired) electrons. The van der Waals surface area contributed by atoms with Crippen LogP contribution in [0.3, 0.4) is 0 Å². The molecule has 1 aromatic carbocycles. The van der Waals surface area contributed by atoms with Gasteiger partial charge in [-0.1, -0.05) is 6.07 Å². The van der Waals surface area contributed by atoms with Crippen molar-refractivity contribution in [2.45, 2.75) is 13.0 Å². The number of carbonyl (C=O) groups excluding carboxylic acids is 1. The van der Waals surface area contributed by atoms with E-state index in [9.17, 15) is 4.79 Å². The Morgan fingerprint density at radius 1 is 1.29 bits per heavy atom. The third-order valence-corrected chi connectivity index (χ3v) is 3.56. The smallest absolute Gasteiger partial charge is 0.338 e. The molecule has 0 aromatic heterocycles. The molecular formula is C15H16N2O4. The third-order valence-electron chi connectivity index (χ3n) is 3.56. The van der Waals surface area contributed by atoms with E-state index in [1.165, 1.54) is 0 Å². The fourth-order valence-electron chi connectivity index (χ4n) is 2.58. The Hall–Kier alpha value is -2.50. The lowest BCUT2D eigenvalue weighted by Gasteiger charge is -2.24. The van der Waals surface area contributed by atoms with E-state index in [4.69, 9.17) is 14.2 Å². The van der Waals surface area contributed by atoms with E-state index in [1.54, 1.807) is 14.2 Å². The molecule has 0 saturated carbocycles. The van der Waals surface area contributed by atoms with Gasteiger partial charge in [-0.2, -0.15) is 0 Å². The van der Waals surface area contributed by atoms with E-state index < -0.39 is 0 Å². The zero-order valence-electron chi connectivity index (χ0n) is 12.1. The van der Waals surface area contributed by atoms with Crippen molar-refractivity contribution in [1.29, 1.82) is 0 Å². The number of nitrogens with zero attached hydrogens (tertiary/aromatic N) is 1. The molecule has 2 heterocycles. The van der Waals surface area contributed by atoms with Crippen LogP contribution in [0.25, 0.3) is 0 Å². The summed E-state index contributed by atoms with van der Waals surface area (Å²) in [6.07, 6.45) is 0. The molecule has 21 heavy (non-hydrogen) atoms. The van der Waals surface area contributed by atoms with Crippen LogP contribution in [0.2, 0.25) is 0 Å². The van der Waals surface area contributed by atoms with Crippen molar-refractivity contribution in [3.8, 4) is 11.5 Å². The van der Waals surface area contributed by atoms with Crippen molar-refractivity contribution < 1.29 is 19.0 Å². The average molecular weight is 288 g/mol. The summed E-state index contributed by atoms with van der Waals surface area (Å²) in [6.45, 7) is 2.09. The maximum atomic E-state index is 11.9. The molecule has 0 amide bonds. The standard InChI is InChI=1S/C15H16N2O4/c1-8-16-10-7-21-15(18)13(10)14(17-8)9-4-5-11(19-2)12(6-9)20-3/h4-6,14H,7H2,1-3H3,(H,16,17). The lowest BCUT2D eigenvalue weighted by molar-refractivity contribution is -0.136. The molecule has 0 bridgehead atoms. The van der Waals surface area contributed by atoms with Crippen LogP contribution in [0.1, 0.15) is 18.5 Å². The Kier molecular flexibility index (Phi) is 3.29. The molecular weight excluding hydrogens is 272 g/mol. The minimum Gasteiger partial charge on any atom is -0.493 e. The highest BCUT2D eigenvalue weighted by Crippen LogP contribution is 2.36. The number of amidine groups is 1. The Balaban J connectivity index is 2.04. The summed E-state index contributed by atoms with van der Waals surface area (Å²) < 4.78 is 15.6. The van der Waals surface area contributed by atoms with E-state index in [1.807, 2.05) is 25.1 Å². The van der Waals surface area contributed by atoms with Gasteiger partial charge in [0.25, 0.3) is 0 Å². The van der Waals surface area contributed by atoms with Crippen LogP contribution in [-0.2, 0) is 9.53 Å². The zero-order valence-corrected chi connectivity index (χ0v) is 12.1. The molecule has 110 valence electrons.